The first-order valence-corrected chi connectivity index (χ1v) is 0. The maximum atomic E-state index is 0. The van der Waals surface area contributed by atoms with E-state index in [4.69, 9.17) is 0 Å². The molecular formula is H7BCaFeSZn. The van der Waals surface area contributed by atoms with Crippen molar-refractivity contribution in [3.63, 3.8) is 0 Å². The molecule has 0 saturated heterocycles. The van der Waals surface area contributed by atoms with Crippen LogP contribution in [0.5, 0.6) is 0 Å². The van der Waals surface area contributed by atoms with Gasteiger partial charge in [-0.1, -0.05) is 0 Å². The molecule has 0 saturated carbocycles. The van der Waals surface area contributed by atoms with Gasteiger partial charge in [-0.05, 0) is 0 Å². The Labute approximate surface area is 94.5 Å². The minimum atomic E-state index is 0. The number of hydrogen-bond donors (Lipinski definition) is 0. The maximum absolute atomic E-state index is 0. The van der Waals surface area contributed by atoms with E-state index in [9.17, 15) is 0 Å². The van der Waals surface area contributed by atoms with Crippen LogP contribution in [0.25, 0.3) is 0 Å². The SMILES string of the molecule is B.S.[CaH2].[Fe].[Zn]. The smallest absolute Gasteiger partial charge is 0 e. The zero-order chi connectivity index (χ0) is 0. The van der Waals surface area contributed by atoms with Crippen LogP contribution in [0.4, 0.5) is 0 Å². The molecule has 0 aliphatic heterocycles. The van der Waals surface area contributed by atoms with E-state index >= 15 is 0 Å². The fraction of sp³-hybridized carbons (Fsp3) is 0. The van der Waals surface area contributed by atoms with Crippen molar-refractivity contribution in [3.05, 3.63) is 0 Å². The van der Waals surface area contributed by atoms with E-state index in [2.05, 4.69) is 0 Å². The molecule has 0 aromatic heterocycles. The molecule has 0 aliphatic rings. The quantitative estimate of drug-likeness (QED) is 0.407. The molecule has 5 heavy (non-hydrogen) atoms. The molecule has 28 valence electrons. The van der Waals surface area contributed by atoms with E-state index in [0.717, 1.165) is 0 Å². The fourth-order valence-corrected chi connectivity index (χ4v) is 0. The predicted octanol–water partition coefficient (Wildman–Crippen LogP) is -1.99. The molecule has 0 bridgehead atoms. The van der Waals surface area contributed by atoms with Gasteiger partial charge < -0.3 is 0 Å². The summed E-state index contributed by atoms with van der Waals surface area (Å²) in [6.07, 6.45) is 0. The van der Waals surface area contributed by atoms with Gasteiger partial charge >= 0.3 is 37.7 Å². The van der Waals surface area contributed by atoms with Crippen molar-refractivity contribution in [3.8, 4) is 0 Å². The molecule has 0 aromatic carbocycles. The van der Waals surface area contributed by atoms with Gasteiger partial charge in [0.1, 0.15) is 0 Å². The van der Waals surface area contributed by atoms with Crippen LogP contribution in [-0.4, -0.2) is 46.2 Å². The van der Waals surface area contributed by atoms with Crippen LogP contribution in [0.1, 0.15) is 0 Å². The summed E-state index contributed by atoms with van der Waals surface area (Å²) < 4.78 is 0. The zero-order valence-electron chi connectivity index (χ0n) is 1.56. The Morgan fingerprint density at radius 2 is 1.00 bits per heavy atom. The molecule has 5 heteroatoms. The van der Waals surface area contributed by atoms with Crippen LogP contribution in [0, 0.1) is 0 Å². The van der Waals surface area contributed by atoms with Crippen LogP contribution in [0.15, 0.2) is 0 Å². The predicted molar refractivity (Wildman–Crippen MR) is 28.9 cm³/mol. The summed E-state index contributed by atoms with van der Waals surface area (Å²) in [6, 6.07) is 0. The molecule has 0 aliphatic carbocycles. The van der Waals surface area contributed by atoms with Crippen LogP contribution >= 0.6 is 13.5 Å². The zero-order valence-corrected chi connectivity index (χ0v) is 6.63. The summed E-state index contributed by atoms with van der Waals surface area (Å²) in [6.45, 7) is 0. The minimum absolute atomic E-state index is 0. The third kappa shape index (κ3) is 19.9. The molecule has 0 rings (SSSR count). The Morgan fingerprint density at radius 3 is 1.00 bits per heavy atom. The van der Waals surface area contributed by atoms with Gasteiger partial charge in [0.15, 0.2) is 0 Å². The monoisotopic (exact) mass is 210 g/mol. The van der Waals surface area contributed by atoms with Crippen molar-refractivity contribution in [2.75, 3.05) is 0 Å². The number of rotatable bonds is 0. The maximum Gasteiger partial charge on any atom is 0 e. The number of hydrogen-bond acceptors (Lipinski definition) is 0. The molecule has 0 amide bonds. The van der Waals surface area contributed by atoms with E-state index in [0.29, 0.717) is 0 Å². The average molecular weight is 211 g/mol. The van der Waals surface area contributed by atoms with Crippen molar-refractivity contribution in [1.29, 1.82) is 0 Å². The molecule has 0 nitrogen and oxygen atoms in total. The van der Waals surface area contributed by atoms with Gasteiger partial charge in [0.05, 0.1) is 8.41 Å². The Kier molecular flexibility index (Phi) is 266. The van der Waals surface area contributed by atoms with E-state index in [1.807, 2.05) is 0 Å². The summed E-state index contributed by atoms with van der Waals surface area (Å²) in [7, 11) is 0. The normalized spacial score (nSPS) is 0. The van der Waals surface area contributed by atoms with Gasteiger partial charge in [-0.3, -0.25) is 0 Å². The van der Waals surface area contributed by atoms with Crippen LogP contribution < -0.4 is 0 Å². The van der Waals surface area contributed by atoms with Crippen LogP contribution in [0.2, 0.25) is 0 Å². The molecule has 0 N–H and O–H groups in total. The van der Waals surface area contributed by atoms with E-state index in [1.165, 1.54) is 0 Å². The van der Waals surface area contributed by atoms with E-state index in [1.54, 1.807) is 0 Å². The molecule has 0 atom stereocenters. The largest absolute Gasteiger partial charge is 0 e. The van der Waals surface area contributed by atoms with E-state index in [-0.39, 0.29) is 96.2 Å². The first-order chi connectivity index (χ1) is 0. The summed E-state index contributed by atoms with van der Waals surface area (Å²) in [4.78, 5) is 0. The Bertz CT molecular complexity index is 11.6. The van der Waals surface area contributed by atoms with Crippen LogP contribution in [-0.2, 0) is 36.5 Å². The Morgan fingerprint density at radius 1 is 1.00 bits per heavy atom. The average Bonchev–Trinajstić information content (AvgIpc) is 0. The summed E-state index contributed by atoms with van der Waals surface area (Å²) >= 11 is 0. The summed E-state index contributed by atoms with van der Waals surface area (Å²) in [5, 5.41) is 0. The van der Waals surface area contributed by atoms with Crippen molar-refractivity contribution in [2.45, 2.75) is 0 Å². The fourth-order valence-electron chi connectivity index (χ4n) is 0. The van der Waals surface area contributed by atoms with Gasteiger partial charge in [0.25, 0.3) is 0 Å². The van der Waals surface area contributed by atoms with Crippen LogP contribution in [0.3, 0.4) is 0 Å². The second kappa shape index (κ2) is 29.1. The van der Waals surface area contributed by atoms with Crippen molar-refractivity contribution in [2.24, 2.45) is 0 Å². The van der Waals surface area contributed by atoms with Crippen molar-refractivity contribution < 1.29 is 36.5 Å². The first kappa shape index (κ1) is 45.8. The third-order valence-corrected chi connectivity index (χ3v) is 0. The molecular weight excluding hydrogens is 204 g/mol. The molecule has 0 radical (unpaired) electrons. The van der Waals surface area contributed by atoms with Gasteiger partial charge in [0, 0.05) is 36.5 Å². The van der Waals surface area contributed by atoms with Crippen molar-refractivity contribution in [1.82, 2.24) is 0 Å². The molecule has 0 heterocycles. The minimum Gasteiger partial charge on any atom is 0 e. The van der Waals surface area contributed by atoms with E-state index < -0.39 is 0 Å². The third-order valence-electron chi connectivity index (χ3n) is 0. The molecule has 0 aromatic rings. The van der Waals surface area contributed by atoms with Gasteiger partial charge in [0.2, 0.25) is 0 Å². The molecule has 0 unspecified atom stereocenters. The van der Waals surface area contributed by atoms with Gasteiger partial charge in [-0.15, -0.1) is 0 Å². The molecule has 0 spiro atoms. The first-order valence-electron chi connectivity index (χ1n) is 0. The summed E-state index contributed by atoms with van der Waals surface area (Å²) in [5.41, 5.74) is 0. The Hall–Kier alpha value is 2.82. The standard InChI is InChI=1S/BH3.Ca.Fe.H2S.Zn.2H/h1H3;;;1H2;;;. The topological polar surface area (TPSA) is 0 Å². The molecule has 0 fully saturated rings. The summed E-state index contributed by atoms with van der Waals surface area (Å²) in [5.74, 6) is 0. The van der Waals surface area contributed by atoms with Crippen molar-refractivity contribution >= 4 is 59.6 Å². The van der Waals surface area contributed by atoms with Gasteiger partial charge in [-0.25, -0.2) is 0 Å². The second-order valence-electron chi connectivity index (χ2n) is 0. The Balaban J connectivity index is 0. The second-order valence-corrected chi connectivity index (χ2v) is 0. The van der Waals surface area contributed by atoms with Gasteiger partial charge in [-0.2, -0.15) is 13.5 Å².